The molecule has 0 atom stereocenters. The number of benzene rings is 1. The fourth-order valence-corrected chi connectivity index (χ4v) is 1.82. The molecule has 1 aromatic rings. The first-order valence-electron chi connectivity index (χ1n) is 5.63. The van der Waals surface area contributed by atoms with Crippen LogP contribution >= 0.6 is 0 Å². The van der Waals surface area contributed by atoms with Gasteiger partial charge in [0.15, 0.2) is 0 Å². The van der Waals surface area contributed by atoms with E-state index in [1.54, 1.807) is 0 Å². The zero-order valence-corrected chi connectivity index (χ0v) is 9.46. The van der Waals surface area contributed by atoms with Crippen molar-refractivity contribution in [3.05, 3.63) is 41.5 Å². The standard InChI is InChI=1S/C14H17N/c1-3-12-7-9-13(10-8-12)14-6-4-5-11(2)15-14/h6-10H,3-5H2,1-2H3. The molecule has 1 heterocycles. The van der Waals surface area contributed by atoms with Gasteiger partial charge < -0.3 is 0 Å². The Balaban J connectivity index is 2.26. The number of rotatable bonds is 2. The predicted octanol–water partition coefficient (Wildman–Crippen LogP) is 3.84. The van der Waals surface area contributed by atoms with E-state index in [0.717, 1.165) is 25.0 Å². The molecule has 0 fully saturated rings. The molecule has 0 saturated carbocycles. The lowest BCUT2D eigenvalue weighted by atomic mass is 10.0. The highest BCUT2D eigenvalue weighted by molar-refractivity contribution is 5.89. The first-order chi connectivity index (χ1) is 7.29. The third kappa shape index (κ3) is 2.35. The number of hydrogen-bond donors (Lipinski definition) is 0. The van der Waals surface area contributed by atoms with Crippen molar-refractivity contribution in [2.45, 2.75) is 33.1 Å². The summed E-state index contributed by atoms with van der Waals surface area (Å²) in [5.41, 5.74) is 5.01. The van der Waals surface area contributed by atoms with Crippen LogP contribution in [-0.2, 0) is 6.42 Å². The van der Waals surface area contributed by atoms with Crippen molar-refractivity contribution in [1.82, 2.24) is 0 Å². The van der Waals surface area contributed by atoms with E-state index in [0.29, 0.717) is 0 Å². The molecule has 15 heavy (non-hydrogen) atoms. The smallest absolute Gasteiger partial charge is 0.0661 e. The highest BCUT2D eigenvalue weighted by atomic mass is 14.8. The van der Waals surface area contributed by atoms with Crippen molar-refractivity contribution >= 4 is 11.4 Å². The molecule has 0 saturated heterocycles. The zero-order valence-electron chi connectivity index (χ0n) is 9.46. The Morgan fingerprint density at radius 2 is 1.93 bits per heavy atom. The molecule has 0 bridgehead atoms. The summed E-state index contributed by atoms with van der Waals surface area (Å²) in [6, 6.07) is 8.73. The third-order valence-corrected chi connectivity index (χ3v) is 2.81. The van der Waals surface area contributed by atoms with E-state index < -0.39 is 0 Å². The van der Waals surface area contributed by atoms with Gasteiger partial charge in [-0.1, -0.05) is 37.3 Å². The van der Waals surface area contributed by atoms with Gasteiger partial charge in [-0.2, -0.15) is 0 Å². The molecule has 1 aromatic carbocycles. The van der Waals surface area contributed by atoms with Gasteiger partial charge in [0.25, 0.3) is 0 Å². The summed E-state index contributed by atoms with van der Waals surface area (Å²) in [7, 11) is 0. The monoisotopic (exact) mass is 199 g/mol. The molecular formula is C14H17N. The van der Waals surface area contributed by atoms with Crippen LogP contribution in [0.3, 0.4) is 0 Å². The Morgan fingerprint density at radius 1 is 1.20 bits per heavy atom. The maximum absolute atomic E-state index is 4.59. The summed E-state index contributed by atoms with van der Waals surface area (Å²) in [4.78, 5) is 4.59. The van der Waals surface area contributed by atoms with Gasteiger partial charge in [0.05, 0.1) is 5.70 Å². The van der Waals surface area contributed by atoms with Crippen LogP contribution in [0.1, 0.15) is 37.8 Å². The average molecular weight is 199 g/mol. The number of aliphatic imine (C=N–C) groups is 1. The second-order valence-corrected chi connectivity index (χ2v) is 4.03. The summed E-state index contributed by atoms with van der Waals surface area (Å²) in [6.45, 7) is 4.28. The highest BCUT2D eigenvalue weighted by Gasteiger charge is 2.05. The van der Waals surface area contributed by atoms with Crippen LogP contribution in [0.4, 0.5) is 0 Å². The Kier molecular flexibility index (Phi) is 3.00. The van der Waals surface area contributed by atoms with E-state index in [4.69, 9.17) is 0 Å². The molecule has 0 spiro atoms. The topological polar surface area (TPSA) is 12.4 Å². The van der Waals surface area contributed by atoms with E-state index in [1.165, 1.54) is 16.8 Å². The fourth-order valence-electron chi connectivity index (χ4n) is 1.82. The molecule has 0 unspecified atom stereocenters. The van der Waals surface area contributed by atoms with Crippen LogP contribution in [-0.4, -0.2) is 5.71 Å². The lowest BCUT2D eigenvalue weighted by Gasteiger charge is -2.10. The molecule has 1 aliphatic rings. The molecule has 78 valence electrons. The second kappa shape index (κ2) is 4.43. The van der Waals surface area contributed by atoms with E-state index in [-0.39, 0.29) is 0 Å². The van der Waals surface area contributed by atoms with Gasteiger partial charge in [-0.3, -0.25) is 4.99 Å². The van der Waals surface area contributed by atoms with Gasteiger partial charge >= 0.3 is 0 Å². The van der Waals surface area contributed by atoms with Gasteiger partial charge in [0.1, 0.15) is 0 Å². The number of allylic oxidation sites excluding steroid dienone is 1. The molecule has 0 aromatic heterocycles. The van der Waals surface area contributed by atoms with Crippen LogP contribution in [0.15, 0.2) is 35.3 Å². The average Bonchev–Trinajstić information content (AvgIpc) is 2.29. The maximum Gasteiger partial charge on any atom is 0.0661 e. The van der Waals surface area contributed by atoms with Crippen molar-refractivity contribution in [2.24, 2.45) is 4.99 Å². The van der Waals surface area contributed by atoms with E-state index in [9.17, 15) is 0 Å². The van der Waals surface area contributed by atoms with Crippen molar-refractivity contribution in [2.75, 3.05) is 0 Å². The molecule has 2 rings (SSSR count). The van der Waals surface area contributed by atoms with E-state index in [2.05, 4.69) is 49.2 Å². The molecule has 1 nitrogen and oxygen atoms in total. The minimum atomic E-state index is 1.10. The van der Waals surface area contributed by atoms with E-state index >= 15 is 0 Å². The van der Waals surface area contributed by atoms with Crippen molar-refractivity contribution in [1.29, 1.82) is 0 Å². The van der Waals surface area contributed by atoms with Gasteiger partial charge in [-0.25, -0.2) is 0 Å². The largest absolute Gasteiger partial charge is 0.258 e. The summed E-state index contributed by atoms with van der Waals surface area (Å²) in [5, 5.41) is 0. The van der Waals surface area contributed by atoms with Crippen molar-refractivity contribution in [3.8, 4) is 0 Å². The predicted molar refractivity (Wildman–Crippen MR) is 66.1 cm³/mol. The van der Waals surface area contributed by atoms with Crippen molar-refractivity contribution in [3.63, 3.8) is 0 Å². The highest BCUT2D eigenvalue weighted by Crippen LogP contribution is 2.22. The van der Waals surface area contributed by atoms with Gasteiger partial charge in [-0.15, -0.1) is 0 Å². The summed E-state index contributed by atoms with van der Waals surface area (Å²) in [5.74, 6) is 0. The van der Waals surface area contributed by atoms with Gasteiger partial charge in [0, 0.05) is 5.71 Å². The molecule has 1 aliphatic heterocycles. The first kappa shape index (κ1) is 10.2. The Bertz CT molecular complexity index is 396. The first-order valence-corrected chi connectivity index (χ1v) is 5.63. The van der Waals surface area contributed by atoms with E-state index in [1.807, 2.05) is 0 Å². The fraction of sp³-hybridized carbons (Fsp3) is 0.357. The third-order valence-electron chi connectivity index (χ3n) is 2.81. The van der Waals surface area contributed by atoms with Crippen LogP contribution < -0.4 is 0 Å². The lowest BCUT2D eigenvalue weighted by Crippen LogP contribution is -1.97. The molecule has 0 N–H and O–H groups in total. The normalized spacial score (nSPS) is 15.9. The van der Waals surface area contributed by atoms with Crippen LogP contribution in [0.5, 0.6) is 0 Å². The van der Waals surface area contributed by atoms with Crippen LogP contribution in [0.25, 0.3) is 5.70 Å². The SMILES string of the molecule is CCc1ccc(C2=CCCC(C)=N2)cc1. The maximum atomic E-state index is 4.59. The minimum absolute atomic E-state index is 1.10. The molecule has 0 radical (unpaired) electrons. The number of hydrogen-bond acceptors (Lipinski definition) is 1. The van der Waals surface area contributed by atoms with Crippen LogP contribution in [0, 0.1) is 0 Å². The molecule has 1 heteroatoms. The lowest BCUT2D eigenvalue weighted by molar-refractivity contribution is 1.06. The Hall–Kier alpha value is -1.37. The number of nitrogens with zero attached hydrogens (tertiary/aromatic N) is 1. The molecule has 0 amide bonds. The second-order valence-electron chi connectivity index (χ2n) is 4.03. The van der Waals surface area contributed by atoms with Gasteiger partial charge in [0.2, 0.25) is 0 Å². The van der Waals surface area contributed by atoms with Crippen molar-refractivity contribution < 1.29 is 0 Å². The minimum Gasteiger partial charge on any atom is -0.258 e. The quantitative estimate of drug-likeness (QED) is 0.686. The number of aryl methyl sites for hydroxylation is 1. The summed E-state index contributed by atoms with van der Waals surface area (Å²) in [6.07, 6.45) is 5.56. The molecular weight excluding hydrogens is 182 g/mol. The Morgan fingerprint density at radius 3 is 2.53 bits per heavy atom. The van der Waals surface area contributed by atoms with Crippen LogP contribution in [0.2, 0.25) is 0 Å². The summed E-state index contributed by atoms with van der Waals surface area (Å²) < 4.78 is 0. The summed E-state index contributed by atoms with van der Waals surface area (Å²) >= 11 is 0. The molecule has 0 aliphatic carbocycles. The van der Waals surface area contributed by atoms with Gasteiger partial charge in [-0.05, 0) is 37.3 Å². The Labute approximate surface area is 91.6 Å². The zero-order chi connectivity index (χ0) is 10.7.